The molecule has 0 aliphatic carbocycles. The summed E-state index contributed by atoms with van der Waals surface area (Å²) in [5.74, 6) is 2.30. The molecule has 0 atom stereocenters. The molecule has 0 unspecified atom stereocenters. The Morgan fingerprint density at radius 2 is 1.47 bits per heavy atom. The van der Waals surface area contributed by atoms with Crippen molar-refractivity contribution in [2.75, 3.05) is 0 Å². The van der Waals surface area contributed by atoms with Crippen LogP contribution in [0.25, 0.3) is 6.08 Å². The summed E-state index contributed by atoms with van der Waals surface area (Å²) in [6.07, 6.45) is 2.35. The summed E-state index contributed by atoms with van der Waals surface area (Å²) in [5.41, 5.74) is 1.32. The summed E-state index contributed by atoms with van der Waals surface area (Å²) in [6, 6.07) is 21.4. The maximum atomic E-state index is 2.35. The van der Waals surface area contributed by atoms with Crippen LogP contribution in [0.1, 0.15) is 5.56 Å². The molecule has 0 saturated heterocycles. The zero-order valence-corrected chi connectivity index (χ0v) is 13.1. The predicted molar refractivity (Wildman–Crippen MR) is 77.9 cm³/mol. The van der Waals surface area contributed by atoms with E-state index in [9.17, 15) is 0 Å². The second-order valence-corrected chi connectivity index (χ2v) is 8.92. The standard InChI is InChI=1S/C15H14Se2/c1-16-15(12-13-8-4-2-5-9-13)17-14-10-6-3-7-11-14/h2-12H,1H3/b15-12+. The fraction of sp³-hybridized carbons (Fsp3) is 0.0667. The summed E-state index contributed by atoms with van der Waals surface area (Å²) >= 11 is 1.07. The quantitative estimate of drug-likeness (QED) is 0.743. The van der Waals surface area contributed by atoms with Crippen molar-refractivity contribution < 1.29 is 0 Å². The van der Waals surface area contributed by atoms with Crippen LogP contribution >= 0.6 is 0 Å². The second-order valence-electron chi connectivity index (χ2n) is 3.49. The van der Waals surface area contributed by atoms with Gasteiger partial charge in [0.25, 0.3) is 0 Å². The summed E-state index contributed by atoms with van der Waals surface area (Å²) in [7, 11) is 0. The van der Waals surface area contributed by atoms with Gasteiger partial charge in [0.2, 0.25) is 0 Å². The van der Waals surface area contributed by atoms with Gasteiger partial charge in [0.15, 0.2) is 0 Å². The van der Waals surface area contributed by atoms with E-state index in [1.54, 1.807) is 3.37 Å². The number of hydrogen-bond donors (Lipinski definition) is 0. The number of rotatable bonds is 4. The molecular formula is C15H14Se2. The van der Waals surface area contributed by atoms with E-state index in [0.717, 1.165) is 0 Å². The van der Waals surface area contributed by atoms with Crippen LogP contribution in [0, 0.1) is 0 Å². The SMILES string of the molecule is C[Se]/C(=C\c1ccccc1)[Se]c1ccccc1. The van der Waals surface area contributed by atoms with Gasteiger partial charge in [-0.25, -0.2) is 0 Å². The molecule has 0 N–H and O–H groups in total. The van der Waals surface area contributed by atoms with E-state index in [-0.39, 0.29) is 0 Å². The van der Waals surface area contributed by atoms with Crippen LogP contribution in [0.2, 0.25) is 5.82 Å². The first-order valence-corrected chi connectivity index (χ1v) is 9.70. The Morgan fingerprint density at radius 3 is 2.06 bits per heavy atom. The molecule has 0 nitrogen and oxygen atoms in total. The Kier molecular flexibility index (Phi) is 5.09. The van der Waals surface area contributed by atoms with Crippen LogP contribution in [-0.4, -0.2) is 29.9 Å². The van der Waals surface area contributed by atoms with E-state index in [0.29, 0.717) is 29.9 Å². The third-order valence-corrected chi connectivity index (χ3v) is 7.80. The summed E-state index contributed by atoms with van der Waals surface area (Å²) in [5, 5.41) is 0. The average Bonchev–Trinajstić information content (AvgIpc) is 2.40. The van der Waals surface area contributed by atoms with Gasteiger partial charge in [0, 0.05) is 0 Å². The average molecular weight is 352 g/mol. The van der Waals surface area contributed by atoms with Crippen LogP contribution in [0.15, 0.2) is 64.0 Å². The minimum atomic E-state index is 0.478. The molecule has 0 spiro atoms. The molecule has 0 radical (unpaired) electrons. The van der Waals surface area contributed by atoms with Crippen molar-refractivity contribution in [3.63, 3.8) is 0 Å². The van der Waals surface area contributed by atoms with Crippen molar-refractivity contribution in [2.24, 2.45) is 0 Å². The molecule has 2 aromatic carbocycles. The normalized spacial score (nSPS) is 11.5. The van der Waals surface area contributed by atoms with Crippen molar-refractivity contribution in [1.82, 2.24) is 0 Å². The molecule has 0 amide bonds. The van der Waals surface area contributed by atoms with Gasteiger partial charge in [0.05, 0.1) is 0 Å². The molecule has 17 heavy (non-hydrogen) atoms. The van der Waals surface area contributed by atoms with Gasteiger partial charge in [-0.05, 0) is 0 Å². The molecule has 0 aliphatic heterocycles. The van der Waals surface area contributed by atoms with E-state index in [1.165, 1.54) is 10.0 Å². The van der Waals surface area contributed by atoms with Gasteiger partial charge in [-0.2, -0.15) is 0 Å². The van der Waals surface area contributed by atoms with E-state index < -0.39 is 0 Å². The fourth-order valence-corrected chi connectivity index (χ4v) is 5.60. The van der Waals surface area contributed by atoms with Crippen molar-refractivity contribution in [2.45, 2.75) is 5.82 Å². The summed E-state index contributed by atoms with van der Waals surface area (Å²) in [6.45, 7) is 0. The monoisotopic (exact) mass is 354 g/mol. The van der Waals surface area contributed by atoms with E-state index in [1.807, 2.05) is 0 Å². The zero-order valence-electron chi connectivity index (χ0n) is 9.67. The second kappa shape index (κ2) is 6.83. The molecule has 2 aromatic rings. The van der Waals surface area contributed by atoms with Gasteiger partial charge < -0.3 is 0 Å². The third kappa shape index (κ3) is 4.18. The number of benzene rings is 2. The van der Waals surface area contributed by atoms with Crippen LogP contribution in [-0.2, 0) is 0 Å². The molecule has 0 heterocycles. The van der Waals surface area contributed by atoms with Gasteiger partial charge in [-0.15, -0.1) is 0 Å². The van der Waals surface area contributed by atoms with Gasteiger partial charge in [-0.3, -0.25) is 0 Å². The summed E-state index contributed by atoms with van der Waals surface area (Å²) in [4.78, 5) is 0. The first kappa shape index (κ1) is 12.7. The third-order valence-electron chi connectivity index (χ3n) is 2.25. The first-order valence-electron chi connectivity index (χ1n) is 5.42. The van der Waals surface area contributed by atoms with Crippen LogP contribution < -0.4 is 4.46 Å². The van der Waals surface area contributed by atoms with Crippen molar-refractivity contribution >= 4 is 40.5 Å². The summed E-state index contributed by atoms with van der Waals surface area (Å²) < 4.78 is 3.06. The molecule has 0 fully saturated rings. The zero-order chi connectivity index (χ0) is 11.9. The van der Waals surface area contributed by atoms with Gasteiger partial charge >= 0.3 is 116 Å². The van der Waals surface area contributed by atoms with Gasteiger partial charge in [0.1, 0.15) is 0 Å². The Bertz CT molecular complexity index is 475. The minimum absolute atomic E-state index is 0.478. The van der Waals surface area contributed by atoms with Crippen molar-refractivity contribution in [3.05, 3.63) is 69.6 Å². The van der Waals surface area contributed by atoms with Gasteiger partial charge in [-0.1, -0.05) is 0 Å². The van der Waals surface area contributed by atoms with Crippen LogP contribution in [0.4, 0.5) is 0 Å². The Morgan fingerprint density at radius 1 is 0.882 bits per heavy atom. The Hall–Kier alpha value is -0.781. The predicted octanol–water partition coefficient (Wildman–Crippen LogP) is 2.77. The molecule has 0 bridgehead atoms. The maximum absolute atomic E-state index is 2.35. The molecule has 0 aliphatic rings. The first-order chi connectivity index (χ1) is 8.38. The Balaban J connectivity index is 2.15. The fourth-order valence-electron chi connectivity index (χ4n) is 1.42. The van der Waals surface area contributed by atoms with Crippen LogP contribution in [0.3, 0.4) is 0 Å². The van der Waals surface area contributed by atoms with E-state index in [4.69, 9.17) is 0 Å². The van der Waals surface area contributed by atoms with Crippen LogP contribution in [0.5, 0.6) is 0 Å². The molecule has 86 valence electrons. The van der Waals surface area contributed by atoms with Crippen molar-refractivity contribution in [3.8, 4) is 0 Å². The number of hydrogen-bond acceptors (Lipinski definition) is 0. The molecule has 2 rings (SSSR count). The van der Waals surface area contributed by atoms with Crippen molar-refractivity contribution in [1.29, 1.82) is 0 Å². The topological polar surface area (TPSA) is 0 Å². The molecule has 2 heteroatoms. The Labute approximate surface area is 115 Å². The van der Waals surface area contributed by atoms with E-state index >= 15 is 0 Å². The molecule has 0 aromatic heterocycles. The molecule has 0 saturated carbocycles. The van der Waals surface area contributed by atoms with E-state index in [2.05, 4.69) is 72.6 Å². The molecular weight excluding hydrogens is 338 g/mol.